The molecule has 0 aromatic heterocycles. The number of halogens is 2. The number of anilines is 2. The Balaban J connectivity index is 1.71. The van der Waals surface area contributed by atoms with Gasteiger partial charge in [-0.25, -0.2) is 0 Å². The first-order chi connectivity index (χ1) is 19.7. The summed E-state index contributed by atoms with van der Waals surface area (Å²) >= 11 is 12.0. The van der Waals surface area contributed by atoms with Crippen LogP contribution in [0.25, 0.3) is 0 Å². The first kappa shape index (κ1) is 29.8. The van der Waals surface area contributed by atoms with Crippen LogP contribution < -0.4 is 15.5 Å². The summed E-state index contributed by atoms with van der Waals surface area (Å²) in [7, 11) is 0. The molecule has 3 aromatic rings. The van der Waals surface area contributed by atoms with Crippen molar-refractivity contribution in [2.45, 2.75) is 44.2 Å². The number of amides is 3. The number of nitro groups is 1. The molecule has 3 aromatic carbocycles. The fourth-order valence-corrected chi connectivity index (χ4v) is 4.95. The van der Waals surface area contributed by atoms with Gasteiger partial charge in [-0.2, -0.15) is 0 Å². The molecular formula is C30H28Cl2N4O5. The summed E-state index contributed by atoms with van der Waals surface area (Å²) < 4.78 is 0. The largest absolute Gasteiger partial charge is 0.351 e. The maximum atomic E-state index is 13.9. The highest BCUT2D eigenvalue weighted by Gasteiger charge is 2.34. The molecule has 41 heavy (non-hydrogen) atoms. The van der Waals surface area contributed by atoms with Crippen molar-refractivity contribution in [3.05, 3.63) is 111 Å². The monoisotopic (exact) mass is 594 g/mol. The van der Waals surface area contributed by atoms with E-state index in [2.05, 4.69) is 10.6 Å². The molecule has 1 unspecified atom stereocenters. The maximum absolute atomic E-state index is 13.9. The van der Waals surface area contributed by atoms with Gasteiger partial charge in [0.15, 0.2) is 0 Å². The molecule has 0 saturated heterocycles. The lowest BCUT2D eigenvalue weighted by Crippen LogP contribution is -2.47. The van der Waals surface area contributed by atoms with Gasteiger partial charge in [-0.1, -0.05) is 54.6 Å². The zero-order valence-electron chi connectivity index (χ0n) is 22.0. The van der Waals surface area contributed by atoms with Crippen molar-refractivity contribution < 1.29 is 19.3 Å². The van der Waals surface area contributed by atoms with Crippen LogP contribution in [0.5, 0.6) is 0 Å². The molecule has 1 fully saturated rings. The van der Waals surface area contributed by atoms with Gasteiger partial charge in [-0.05, 0) is 66.9 Å². The van der Waals surface area contributed by atoms with E-state index < -0.39 is 28.7 Å². The molecule has 2 N–H and O–H groups in total. The molecule has 1 saturated carbocycles. The second kappa shape index (κ2) is 13.9. The van der Waals surface area contributed by atoms with Crippen LogP contribution in [-0.2, 0) is 14.4 Å². The third-order valence-corrected chi connectivity index (χ3v) is 7.19. The average molecular weight is 595 g/mol. The standard InChI is InChI=1S/C30H28Cl2N4O5/c31-21-9-13-24(14-10-21)33-27(37)17-18-28(38)35(25-15-11-22(32)12-16-25)29(20-5-4-8-26(19-20)36(40)41)30(39)34-23-6-2-1-3-7-23/h4-5,8-19,23,29H,1-3,6-7H2,(H,33,37)(H,34,39)/b18-17-. The lowest BCUT2D eigenvalue weighted by atomic mass is 9.94. The zero-order chi connectivity index (χ0) is 29.4. The van der Waals surface area contributed by atoms with E-state index in [1.807, 2.05) is 0 Å². The van der Waals surface area contributed by atoms with Gasteiger partial charge >= 0.3 is 0 Å². The molecule has 0 aliphatic heterocycles. The normalized spacial score (nSPS) is 14.3. The first-order valence-electron chi connectivity index (χ1n) is 13.1. The van der Waals surface area contributed by atoms with Gasteiger partial charge in [0.25, 0.3) is 11.6 Å². The lowest BCUT2D eigenvalue weighted by molar-refractivity contribution is -0.384. The van der Waals surface area contributed by atoms with Gasteiger partial charge in [0.05, 0.1) is 4.92 Å². The van der Waals surface area contributed by atoms with Crippen LogP contribution in [0.3, 0.4) is 0 Å². The van der Waals surface area contributed by atoms with E-state index in [0.29, 0.717) is 21.4 Å². The molecule has 212 valence electrons. The number of carbonyl (C=O) groups excluding carboxylic acids is 3. The minimum atomic E-state index is -1.27. The summed E-state index contributed by atoms with van der Waals surface area (Å²) in [5.41, 5.74) is 0.819. The van der Waals surface area contributed by atoms with Crippen LogP contribution in [0.2, 0.25) is 10.0 Å². The van der Waals surface area contributed by atoms with Gasteiger partial charge in [0.1, 0.15) is 6.04 Å². The number of rotatable bonds is 9. The fourth-order valence-electron chi connectivity index (χ4n) is 4.70. The topological polar surface area (TPSA) is 122 Å². The lowest BCUT2D eigenvalue weighted by Gasteiger charge is -2.33. The SMILES string of the molecule is O=C(/C=C\C(=O)N(c1ccc(Cl)cc1)C(C(=O)NC1CCCCC1)c1cccc([N+](=O)[O-])c1)Nc1ccc(Cl)cc1. The molecule has 0 spiro atoms. The summed E-state index contributed by atoms with van der Waals surface area (Å²) in [6.45, 7) is 0. The highest BCUT2D eigenvalue weighted by Crippen LogP contribution is 2.32. The van der Waals surface area contributed by atoms with E-state index >= 15 is 0 Å². The van der Waals surface area contributed by atoms with Crippen molar-refractivity contribution in [3.8, 4) is 0 Å². The molecule has 1 aliphatic carbocycles. The highest BCUT2D eigenvalue weighted by molar-refractivity contribution is 6.31. The highest BCUT2D eigenvalue weighted by atomic mass is 35.5. The van der Waals surface area contributed by atoms with E-state index in [4.69, 9.17) is 23.2 Å². The van der Waals surface area contributed by atoms with E-state index in [0.717, 1.165) is 44.3 Å². The summed E-state index contributed by atoms with van der Waals surface area (Å²) in [6.07, 6.45) is 6.73. The Bertz CT molecular complexity index is 1440. The second-order valence-electron chi connectivity index (χ2n) is 9.61. The number of non-ortho nitro benzene ring substituents is 1. The van der Waals surface area contributed by atoms with Gasteiger partial charge < -0.3 is 10.6 Å². The van der Waals surface area contributed by atoms with E-state index in [-0.39, 0.29) is 17.3 Å². The van der Waals surface area contributed by atoms with Crippen molar-refractivity contribution in [3.63, 3.8) is 0 Å². The van der Waals surface area contributed by atoms with Crippen molar-refractivity contribution in [1.29, 1.82) is 0 Å². The third-order valence-electron chi connectivity index (χ3n) is 6.69. The van der Waals surface area contributed by atoms with Crippen LogP contribution in [-0.4, -0.2) is 28.7 Å². The van der Waals surface area contributed by atoms with Gasteiger partial charge in [-0.15, -0.1) is 0 Å². The minimum absolute atomic E-state index is 0.0830. The number of nitrogens with zero attached hydrogens (tertiary/aromatic N) is 2. The third kappa shape index (κ3) is 8.15. The van der Waals surface area contributed by atoms with Gasteiger partial charge in [0, 0.05) is 51.7 Å². The maximum Gasteiger partial charge on any atom is 0.269 e. The Kier molecular flexibility index (Phi) is 10.1. The van der Waals surface area contributed by atoms with E-state index in [1.165, 1.54) is 23.1 Å². The van der Waals surface area contributed by atoms with Crippen molar-refractivity contribution in [2.24, 2.45) is 0 Å². The Morgan fingerprint density at radius 2 is 1.54 bits per heavy atom. The van der Waals surface area contributed by atoms with Crippen molar-refractivity contribution in [1.82, 2.24) is 5.32 Å². The van der Waals surface area contributed by atoms with Crippen molar-refractivity contribution >= 4 is 58.0 Å². The Morgan fingerprint density at radius 1 is 0.902 bits per heavy atom. The summed E-state index contributed by atoms with van der Waals surface area (Å²) in [4.78, 5) is 52.4. The van der Waals surface area contributed by atoms with Crippen molar-refractivity contribution in [2.75, 3.05) is 10.2 Å². The molecule has 11 heteroatoms. The number of carbonyl (C=O) groups is 3. The second-order valence-corrected chi connectivity index (χ2v) is 10.5. The summed E-state index contributed by atoms with van der Waals surface area (Å²) in [5, 5.41) is 18.2. The predicted octanol–water partition coefficient (Wildman–Crippen LogP) is 6.62. The van der Waals surface area contributed by atoms with Gasteiger partial charge in [0.2, 0.25) is 11.8 Å². The Morgan fingerprint density at radius 3 is 2.17 bits per heavy atom. The molecule has 4 rings (SSSR count). The first-order valence-corrected chi connectivity index (χ1v) is 13.8. The molecule has 1 atom stereocenters. The number of nitrogens with one attached hydrogen (secondary N) is 2. The minimum Gasteiger partial charge on any atom is -0.351 e. The van der Waals surface area contributed by atoms with Gasteiger partial charge in [-0.3, -0.25) is 29.4 Å². The molecule has 0 heterocycles. The molecule has 0 bridgehead atoms. The van der Waals surface area contributed by atoms with E-state index in [9.17, 15) is 24.5 Å². The molecule has 3 amide bonds. The van der Waals surface area contributed by atoms with Crippen LogP contribution in [0, 0.1) is 10.1 Å². The molecular weight excluding hydrogens is 567 g/mol. The summed E-state index contributed by atoms with van der Waals surface area (Å²) in [5.74, 6) is -1.75. The quantitative estimate of drug-likeness (QED) is 0.164. The molecule has 9 nitrogen and oxygen atoms in total. The smallest absolute Gasteiger partial charge is 0.269 e. The average Bonchev–Trinajstić information content (AvgIpc) is 2.97. The predicted molar refractivity (Wildman–Crippen MR) is 159 cm³/mol. The fraction of sp³-hybridized carbons (Fsp3) is 0.233. The Labute approximate surface area is 247 Å². The zero-order valence-corrected chi connectivity index (χ0v) is 23.5. The number of nitro benzene ring substituents is 1. The number of benzene rings is 3. The molecule has 1 aliphatic rings. The van der Waals surface area contributed by atoms with Crippen LogP contribution >= 0.6 is 23.2 Å². The van der Waals surface area contributed by atoms with Crippen LogP contribution in [0.15, 0.2) is 84.9 Å². The van der Waals surface area contributed by atoms with E-state index in [1.54, 1.807) is 54.6 Å². The number of hydrogen-bond donors (Lipinski definition) is 2. The Hall–Kier alpha value is -4.21. The van der Waals surface area contributed by atoms with Crippen LogP contribution in [0.4, 0.5) is 17.1 Å². The number of hydrogen-bond acceptors (Lipinski definition) is 5. The molecule has 0 radical (unpaired) electrons. The summed E-state index contributed by atoms with van der Waals surface area (Å²) in [6, 6.07) is 17.0. The van der Waals surface area contributed by atoms with Crippen LogP contribution in [0.1, 0.15) is 43.7 Å².